The van der Waals surface area contributed by atoms with Crippen LogP contribution >= 0.6 is 0 Å². The monoisotopic (exact) mass is 215 g/mol. The van der Waals surface area contributed by atoms with Gasteiger partial charge in [-0.1, -0.05) is 0 Å². The molecule has 0 aliphatic heterocycles. The van der Waals surface area contributed by atoms with Gasteiger partial charge in [-0.25, -0.2) is 4.98 Å². The second-order valence-electron chi connectivity index (χ2n) is 2.52. The summed E-state index contributed by atoms with van der Waals surface area (Å²) in [5, 5.41) is 18.7. The van der Waals surface area contributed by atoms with Gasteiger partial charge in [-0.05, 0) is 6.07 Å². The van der Waals surface area contributed by atoms with Gasteiger partial charge >= 0.3 is 6.18 Å². The number of carboxylic acids is 1. The number of aromatic nitrogens is 1. The minimum absolute atomic E-state index is 0.276. The maximum absolute atomic E-state index is 12.2. The number of nitrogens with zero attached hydrogens (tertiary/aromatic N) is 2. The molecule has 0 saturated carbocycles. The molecule has 0 fully saturated rings. The van der Waals surface area contributed by atoms with E-state index >= 15 is 0 Å². The van der Waals surface area contributed by atoms with Crippen molar-refractivity contribution in [3.05, 3.63) is 29.1 Å². The average molecular weight is 215 g/mol. The molecule has 4 nitrogen and oxygen atoms in total. The van der Waals surface area contributed by atoms with Crippen LogP contribution < -0.4 is 5.11 Å². The Kier molecular flexibility index (Phi) is 2.61. The predicted molar refractivity (Wildman–Crippen MR) is 38.3 cm³/mol. The molecule has 0 bridgehead atoms. The first-order chi connectivity index (χ1) is 6.86. The van der Waals surface area contributed by atoms with Crippen LogP contribution in [0.25, 0.3) is 0 Å². The first kappa shape index (κ1) is 11.0. The Labute approximate surface area is 81.6 Å². The lowest BCUT2D eigenvalue weighted by Crippen LogP contribution is -2.27. The highest BCUT2D eigenvalue weighted by Crippen LogP contribution is 2.30. The zero-order valence-electron chi connectivity index (χ0n) is 7.00. The standard InChI is InChI=1S/C8H3F3N2O2/c9-8(10,11)6-5(7(14)15)1-4(2-12)3-13-6/h1,3H,(H,14,15)/p-1. The van der Waals surface area contributed by atoms with E-state index in [-0.39, 0.29) is 5.56 Å². The van der Waals surface area contributed by atoms with Crippen LogP contribution in [0.15, 0.2) is 12.3 Å². The Morgan fingerprint density at radius 2 is 2.13 bits per heavy atom. The highest BCUT2D eigenvalue weighted by Gasteiger charge is 2.35. The number of carboxylic acid groups (broad SMARTS) is 1. The molecular formula is C8H2F3N2O2-. The van der Waals surface area contributed by atoms with E-state index in [0.717, 1.165) is 0 Å². The zero-order valence-corrected chi connectivity index (χ0v) is 7.00. The topological polar surface area (TPSA) is 76.8 Å². The third kappa shape index (κ3) is 2.22. The van der Waals surface area contributed by atoms with Crippen LogP contribution in [0.4, 0.5) is 13.2 Å². The van der Waals surface area contributed by atoms with Gasteiger partial charge in [0.25, 0.3) is 0 Å². The molecular weight excluding hydrogens is 213 g/mol. The number of aromatic carboxylic acids is 1. The first-order valence-corrected chi connectivity index (χ1v) is 3.55. The Morgan fingerprint density at radius 3 is 2.53 bits per heavy atom. The molecule has 0 aliphatic carbocycles. The fraction of sp³-hybridized carbons (Fsp3) is 0.125. The van der Waals surface area contributed by atoms with E-state index in [2.05, 4.69) is 4.98 Å². The lowest BCUT2D eigenvalue weighted by Gasteiger charge is -2.11. The molecule has 1 aromatic rings. The van der Waals surface area contributed by atoms with Crippen molar-refractivity contribution in [2.75, 3.05) is 0 Å². The smallest absolute Gasteiger partial charge is 0.434 e. The van der Waals surface area contributed by atoms with Gasteiger partial charge in [-0.15, -0.1) is 0 Å². The summed E-state index contributed by atoms with van der Waals surface area (Å²) in [5.41, 5.74) is -2.98. The van der Waals surface area contributed by atoms with Gasteiger partial charge in [0.15, 0.2) is 5.69 Å². The van der Waals surface area contributed by atoms with Crippen molar-refractivity contribution in [1.82, 2.24) is 4.98 Å². The molecule has 1 aromatic heterocycles. The number of pyridine rings is 1. The summed E-state index contributed by atoms with van der Waals surface area (Å²) in [7, 11) is 0. The van der Waals surface area contributed by atoms with Crippen LogP contribution in [0, 0.1) is 11.3 Å². The Morgan fingerprint density at radius 1 is 1.53 bits per heavy atom. The lowest BCUT2D eigenvalue weighted by atomic mass is 10.1. The molecule has 78 valence electrons. The van der Waals surface area contributed by atoms with Crippen LogP contribution in [-0.4, -0.2) is 11.0 Å². The molecule has 0 aromatic carbocycles. The summed E-state index contributed by atoms with van der Waals surface area (Å²) in [6, 6.07) is 2.05. The fourth-order valence-electron chi connectivity index (χ4n) is 0.907. The fourth-order valence-corrected chi connectivity index (χ4v) is 0.907. The molecule has 7 heteroatoms. The molecule has 0 radical (unpaired) electrons. The molecule has 0 saturated heterocycles. The van der Waals surface area contributed by atoms with Crippen LogP contribution in [-0.2, 0) is 6.18 Å². The number of carbonyl (C=O) groups is 1. The largest absolute Gasteiger partial charge is 0.545 e. The van der Waals surface area contributed by atoms with Gasteiger partial charge in [0.05, 0.1) is 11.5 Å². The van der Waals surface area contributed by atoms with Crippen molar-refractivity contribution in [3.8, 4) is 6.07 Å². The van der Waals surface area contributed by atoms with Crippen LogP contribution in [0.3, 0.4) is 0 Å². The number of halogens is 3. The van der Waals surface area contributed by atoms with Crippen LogP contribution in [0.5, 0.6) is 0 Å². The van der Waals surface area contributed by atoms with E-state index in [1.807, 2.05) is 0 Å². The summed E-state index contributed by atoms with van der Waals surface area (Å²) in [5.74, 6) is -2.02. The zero-order chi connectivity index (χ0) is 11.6. The van der Waals surface area contributed by atoms with Gasteiger partial charge in [-0.3, -0.25) is 0 Å². The predicted octanol–water partition coefficient (Wildman–Crippen LogP) is 0.336. The molecule has 0 aliphatic rings. The van der Waals surface area contributed by atoms with E-state index in [4.69, 9.17) is 5.26 Å². The van der Waals surface area contributed by atoms with E-state index in [0.29, 0.717) is 12.3 Å². The van der Waals surface area contributed by atoms with E-state index in [1.54, 1.807) is 0 Å². The van der Waals surface area contributed by atoms with Crippen molar-refractivity contribution >= 4 is 5.97 Å². The summed E-state index contributed by atoms with van der Waals surface area (Å²) >= 11 is 0. The molecule has 1 heterocycles. The average Bonchev–Trinajstić information content (AvgIpc) is 2.15. The molecule has 0 unspecified atom stereocenters. The van der Waals surface area contributed by atoms with Crippen molar-refractivity contribution in [2.24, 2.45) is 0 Å². The Hall–Kier alpha value is -2.10. The summed E-state index contributed by atoms with van der Waals surface area (Å²) in [6.07, 6.45) is -4.24. The number of hydrogen-bond donors (Lipinski definition) is 0. The number of carbonyl (C=O) groups excluding carboxylic acids is 1. The number of hydrogen-bond acceptors (Lipinski definition) is 4. The summed E-state index contributed by atoms with van der Waals surface area (Å²) in [6.45, 7) is 0. The lowest BCUT2D eigenvalue weighted by molar-refractivity contribution is -0.255. The number of nitriles is 1. The van der Waals surface area contributed by atoms with Crippen molar-refractivity contribution in [3.63, 3.8) is 0 Å². The highest BCUT2D eigenvalue weighted by molar-refractivity contribution is 5.87. The number of rotatable bonds is 1. The molecule has 0 atom stereocenters. The molecule has 0 N–H and O–H groups in total. The third-order valence-corrected chi connectivity index (χ3v) is 1.51. The van der Waals surface area contributed by atoms with Gasteiger partial charge in [0.2, 0.25) is 0 Å². The maximum atomic E-state index is 12.2. The Bertz CT molecular complexity index is 448. The van der Waals surface area contributed by atoms with E-state index < -0.39 is 23.4 Å². The minimum Gasteiger partial charge on any atom is -0.545 e. The Balaban J connectivity index is 3.42. The summed E-state index contributed by atoms with van der Waals surface area (Å²) in [4.78, 5) is 13.2. The highest BCUT2D eigenvalue weighted by atomic mass is 19.4. The van der Waals surface area contributed by atoms with Gasteiger partial charge in [0, 0.05) is 11.8 Å². The van der Waals surface area contributed by atoms with Gasteiger partial charge < -0.3 is 9.90 Å². The minimum atomic E-state index is -4.89. The van der Waals surface area contributed by atoms with Gasteiger partial charge in [-0.2, -0.15) is 18.4 Å². The van der Waals surface area contributed by atoms with E-state index in [1.165, 1.54) is 6.07 Å². The molecule has 0 spiro atoms. The summed E-state index contributed by atoms with van der Waals surface area (Å²) < 4.78 is 36.6. The molecule has 15 heavy (non-hydrogen) atoms. The SMILES string of the molecule is N#Cc1cnc(C(F)(F)F)c(C(=O)[O-])c1. The molecule has 0 amide bonds. The van der Waals surface area contributed by atoms with Crippen molar-refractivity contribution in [2.45, 2.75) is 6.18 Å². The van der Waals surface area contributed by atoms with Crippen molar-refractivity contribution < 1.29 is 23.1 Å². The number of alkyl halides is 3. The van der Waals surface area contributed by atoms with Gasteiger partial charge in [0.1, 0.15) is 6.07 Å². The quantitative estimate of drug-likeness (QED) is 0.676. The van der Waals surface area contributed by atoms with Crippen molar-refractivity contribution in [1.29, 1.82) is 5.26 Å². The maximum Gasteiger partial charge on any atom is 0.434 e. The second-order valence-corrected chi connectivity index (χ2v) is 2.52. The second kappa shape index (κ2) is 3.57. The third-order valence-electron chi connectivity index (χ3n) is 1.51. The molecule has 1 rings (SSSR count). The first-order valence-electron chi connectivity index (χ1n) is 3.55. The van der Waals surface area contributed by atoms with Crippen LogP contribution in [0.1, 0.15) is 21.6 Å². The van der Waals surface area contributed by atoms with Crippen LogP contribution in [0.2, 0.25) is 0 Å². The normalized spacial score (nSPS) is 10.8. The van der Waals surface area contributed by atoms with E-state index in [9.17, 15) is 23.1 Å².